The summed E-state index contributed by atoms with van der Waals surface area (Å²) in [6.45, 7) is 3.13. The second-order valence-corrected chi connectivity index (χ2v) is 8.51. The van der Waals surface area contributed by atoms with Crippen LogP contribution in [0.5, 0.6) is 0 Å². The van der Waals surface area contributed by atoms with Crippen molar-refractivity contribution in [2.45, 2.75) is 58.2 Å². The van der Waals surface area contributed by atoms with Gasteiger partial charge in [-0.2, -0.15) is 0 Å². The Morgan fingerprint density at radius 1 is 1.27 bits per heavy atom. The standard InChI is InChI=1S/C22H27N3O5/c1-13(15-3-2-4-15)12-30-22(29)23-10-14-5-6-16-11-25(21(28)17(16)9-14)18-7-8-19(26)24-20(18)27/h5-6,9,13,15,18H,2-4,7-8,10-12H2,1H3,(H,23,29)(H,24,26,27). The molecule has 8 heteroatoms. The number of fused-ring (bicyclic) bond motifs is 1. The van der Waals surface area contributed by atoms with Gasteiger partial charge in [-0.15, -0.1) is 0 Å². The Bertz CT molecular complexity index is 880. The third kappa shape index (κ3) is 4.17. The maximum absolute atomic E-state index is 12.8. The van der Waals surface area contributed by atoms with E-state index in [9.17, 15) is 19.2 Å². The Morgan fingerprint density at radius 2 is 2.07 bits per heavy atom. The van der Waals surface area contributed by atoms with Gasteiger partial charge in [0.1, 0.15) is 6.04 Å². The minimum absolute atomic E-state index is 0.224. The largest absolute Gasteiger partial charge is 0.449 e. The Kier molecular flexibility index (Phi) is 5.74. The van der Waals surface area contributed by atoms with Crippen molar-refractivity contribution in [2.24, 2.45) is 11.8 Å². The summed E-state index contributed by atoms with van der Waals surface area (Å²) in [7, 11) is 0. The third-order valence-corrected chi connectivity index (χ3v) is 6.46. The molecule has 1 saturated heterocycles. The van der Waals surface area contributed by atoms with E-state index in [1.807, 2.05) is 12.1 Å². The van der Waals surface area contributed by atoms with Crippen LogP contribution < -0.4 is 10.6 Å². The van der Waals surface area contributed by atoms with E-state index in [2.05, 4.69) is 17.6 Å². The zero-order chi connectivity index (χ0) is 21.3. The molecule has 2 N–H and O–H groups in total. The first-order valence-corrected chi connectivity index (χ1v) is 10.6. The SMILES string of the molecule is CC(COC(=O)NCc1ccc2c(c1)C(=O)N(C1CCC(=O)NC1=O)C2)C1CCC1. The molecule has 0 spiro atoms. The summed E-state index contributed by atoms with van der Waals surface area (Å²) >= 11 is 0. The number of nitrogens with zero attached hydrogens (tertiary/aromatic N) is 1. The van der Waals surface area contributed by atoms with Crippen LogP contribution in [0.3, 0.4) is 0 Å². The maximum Gasteiger partial charge on any atom is 0.407 e. The van der Waals surface area contributed by atoms with Crippen LogP contribution in [0.4, 0.5) is 4.79 Å². The van der Waals surface area contributed by atoms with Crippen molar-refractivity contribution >= 4 is 23.8 Å². The number of rotatable bonds is 6. The molecule has 1 aromatic rings. The molecular weight excluding hydrogens is 386 g/mol. The lowest BCUT2D eigenvalue weighted by atomic mass is 9.77. The van der Waals surface area contributed by atoms with Gasteiger partial charge in [-0.05, 0) is 35.4 Å². The van der Waals surface area contributed by atoms with Crippen LogP contribution in [0.15, 0.2) is 18.2 Å². The van der Waals surface area contributed by atoms with Crippen LogP contribution in [-0.2, 0) is 27.4 Å². The second-order valence-electron chi connectivity index (χ2n) is 8.51. The Balaban J connectivity index is 1.31. The van der Waals surface area contributed by atoms with E-state index in [1.54, 1.807) is 6.07 Å². The molecule has 4 rings (SSSR count). The van der Waals surface area contributed by atoms with Crippen molar-refractivity contribution in [3.8, 4) is 0 Å². The van der Waals surface area contributed by atoms with E-state index in [-0.39, 0.29) is 24.8 Å². The number of carbonyl (C=O) groups excluding carboxylic acids is 4. The average molecular weight is 413 g/mol. The van der Waals surface area contributed by atoms with E-state index < -0.39 is 18.0 Å². The highest BCUT2D eigenvalue weighted by atomic mass is 16.5. The van der Waals surface area contributed by atoms with Gasteiger partial charge in [-0.3, -0.25) is 19.7 Å². The van der Waals surface area contributed by atoms with Crippen LogP contribution in [0.2, 0.25) is 0 Å². The predicted octanol–water partition coefficient (Wildman–Crippen LogP) is 2.11. The summed E-state index contributed by atoms with van der Waals surface area (Å²) in [6.07, 6.45) is 3.80. The molecule has 3 aliphatic rings. The van der Waals surface area contributed by atoms with Gasteiger partial charge in [-0.1, -0.05) is 38.3 Å². The molecule has 8 nitrogen and oxygen atoms in total. The number of hydrogen-bond acceptors (Lipinski definition) is 5. The molecule has 4 amide bonds. The summed E-state index contributed by atoms with van der Waals surface area (Å²) in [6, 6.07) is 4.83. The normalized spacial score (nSPS) is 22.2. The zero-order valence-corrected chi connectivity index (χ0v) is 17.1. The van der Waals surface area contributed by atoms with Crippen molar-refractivity contribution in [2.75, 3.05) is 6.61 Å². The lowest BCUT2D eigenvalue weighted by Gasteiger charge is -2.30. The van der Waals surface area contributed by atoms with E-state index in [0.29, 0.717) is 37.0 Å². The van der Waals surface area contributed by atoms with Crippen LogP contribution in [0.1, 0.15) is 60.5 Å². The van der Waals surface area contributed by atoms with Gasteiger partial charge < -0.3 is 15.0 Å². The molecule has 2 fully saturated rings. The molecule has 2 unspecified atom stereocenters. The van der Waals surface area contributed by atoms with Gasteiger partial charge in [-0.25, -0.2) is 4.79 Å². The van der Waals surface area contributed by atoms with Crippen LogP contribution in [0.25, 0.3) is 0 Å². The number of imide groups is 1. The summed E-state index contributed by atoms with van der Waals surface area (Å²) in [5.41, 5.74) is 2.16. The molecule has 2 atom stereocenters. The van der Waals surface area contributed by atoms with Gasteiger partial charge in [0.25, 0.3) is 5.91 Å². The lowest BCUT2D eigenvalue weighted by molar-refractivity contribution is -0.136. The fraction of sp³-hybridized carbons (Fsp3) is 0.545. The number of amides is 4. The summed E-state index contributed by atoms with van der Waals surface area (Å²) < 4.78 is 5.32. The highest BCUT2D eigenvalue weighted by molar-refractivity contribution is 6.05. The van der Waals surface area contributed by atoms with Crippen LogP contribution in [0, 0.1) is 11.8 Å². The number of piperidine rings is 1. The molecule has 1 saturated carbocycles. The Labute approximate surface area is 175 Å². The molecule has 2 heterocycles. The fourth-order valence-electron chi connectivity index (χ4n) is 4.29. The zero-order valence-electron chi connectivity index (χ0n) is 17.1. The monoisotopic (exact) mass is 413 g/mol. The van der Waals surface area contributed by atoms with Crippen LogP contribution in [-0.4, -0.2) is 41.4 Å². The van der Waals surface area contributed by atoms with Gasteiger partial charge in [0.15, 0.2) is 0 Å². The predicted molar refractivity (Wildman–Crippen MR) is 107 cm³/mol. The number of alkyl carbamates (subject to hydrolysis) is 1. The minimum Gasteiger partial charge on any atom is -0.449 e. The fourth-order valence-corrected chi connectivity index (χ4v) is 4.29. The van der Waals surface area contributed by atoms with Crippen molar-refractivity contribution in [1.29, 1.82) is 0 Å². The van der Waals surface area contributed by atoms with Gasteiger partial charge in [0.05, 0.1) is 6.61 Å². The third-order valence-electron chi connectivity index (χ3n) is 6.46. The second kappa shape index (κ2) is 8.45. The molecule has 1 aliphatic carbocycles. The van der Waals surface area contributed by atoms with Crippen molar-refractivity contribution < 1.29 is 23.9 Å². The molecule has 1 aromatic carbocycles. The maximum atomic E-state index is 12.8. The highest BCUT2D eigenvalue weighted by Crippen LogP contribution is 2.33. The summed E-state index contributed by atoms with van der Waals surface area (Å²) in [5.74, 6) is 0.0855. The average Bonchev–Trinajstić information content (AvgIpc) is 2.99. The Hall–Kier alpha value is -2.90. The van der Waals surface area contributed by atoms with E-state index >= 15 is 0 Å². The number of nitrogens with one attached hydrogen (secondary N) is 2. The quantitative estimate of drug-likeness (QED) is 0.695. The van der Waals surface area contributed by atoms with E-state index in [4.69, 9.17) is 4.74 Å². The molecule has 30 heavy (non-hydrogen) atoms. The smallest absolute Gasteiger partial charge is 0.407 e. The number of benzene rings is 1. The first-order chi connectivity index (χ1) is 14.4. The number of carbonyl (C=O) groups is 4. The molecule has 160 valence electrons. The first-order valence-electron chi connectivity index (χ1n) is 10.6. The van der Waals surface area contributed by atoms with Gasteiger partial charge in [0.2, 0.25) is 11.8 Å². The van der Waals surface area contributed by atoms with Crippen LogP contribution >= 0.6 is 0 Å². The number of ether oxygens (including phenoxy) is 1. The summed E-state index contributed by atoms with van der Waals surface area (Å²) in [5, 5.41) is 5.03. The van der Waals surface area contributed by atoms with Crippen molar-refractivity contribution in [3.63, 3.8) is 0 Å². The summed E-state index contributed by atoms with van der Waals surface area (Å²) in [4.78, 5) is 49.8. The topological polar surface area (TPSA) is 105 Å². The van der Waals surface area contributed by atoms with Crippen molar-refractivity contribution in [3.05, 3.63) is 34.9 Å². The Morgan fingerprint density at radius 3 is 2.77 bits per heavy atom. The molecular formula is C22H27N3O5. The molecule has 0 bridgehead atoms. The van der Waals surface area contributed by atoms with Gasteiger partial charge in [0, 0.05) is 25.1 Å². The van der Waals surface area contributed by atoms with Gasteiger partial charge >= 0.3 is 6.09 Å². The molecule has 0 radical (unpaired) electrons. The highest BCUT2D eigenvalue weighted by Gasteiger charge is 2.39. The number of hydrogen-bond donors (Lipinski definition) is 2. The van der Waals surface area contributed by atoms with E-state index in [1.165, 1.54) is 24.2 Å². The first kappa shape index (κ1) is 20.4. The minimum atomic E-state index is -0.628. The molecule has 2 aliphatic heterocycles. The van der Waals surface area contributed by atoms with E-state index in [0.717, 1.165) is 11.1 Å². The molecule has 0 aromatic heterocycles. The lowest BCUT2D eigenvalue weighted by Crippen LogP contribution is -2.52. The van der Waals surface area contributed by atoms with Crippen molar-refractivity contribution in [1.82, 2.24) is 15.5 Å².